The maximum Gasteiger partial charge on any atom is 0.00445 e. The van der Waals surface area contributed by atoms with Crippen molar-refractivity contribution in [3.05, 3.63) is 43.9 Å². The Morgan fingerprint density at radius 3 is 1.67 bits per heavy atom. The molecule has 0 atom stereocenters. The van der Waals surface area contributed by atoms with E-state index in [4.69, 9.17) is 0 Å². The summed E-state index contributed by atoms with van der Waals surface area (Å²) in [5.41, 5.74) is 0. The van der Waals surface area contributed by atoms with Crippen LogP contribution in [-0.4, -0.2) is 0 Å². The molecule has 0 aliphatic carbocycles. The SMILES string of the molecule is C=CC[C](C=C)CC=C. The van der Waals surface area contributed by atoms with Crippen molar-refractivity contribution in [1.29, 1.82) is 0 Å². The first-order valence-electron chi connectivity index (χ1n) is 3.04. The van der Waals surface area contributed by atoms with Crippen molar-refractivity contribution in [2.24, 2.45) is 0 Å². The molecule has 0 amide bonds. The summed E-state index contributed by atoms with van der Waals surface area (Å²) in [5.74, 6) is 1.28. The molecule has 0 spiro atoms. The Bertz CT molecular complexity index is 90.6. The van der Waals surface area contributed by atoms with Crippen molar-refractivity contribution >= 4 is 0 Å². The molecule has 0 fully saturated rings. The fraction of sp³-hybridized carbons (Fsp3) is 0.222. The zero-order valence-electron chi connectivity index (χ0n) is 5.77. The molecule has 0 nitrogen and oxygen atoms in total. The van der Waals surface area contributed by atoms with Crippen LogP contribution >= 0.6 is 0 Å². The largest absolute Gasteiger partial charge is 0.103 e. The lowest BCUT2D eigenvalue weighted by Gasteiger charge is -2.02. The summed E-state index contributed by atoms with van der Waals surface area (Å²) in [7, 11) is 0. The van der Waals surface area contributed by atoms with Crippen LogP contribution in [0.4, 0.5) is 0 Å². The van der Waals surface area contributed by atoms with Crippen LogP contribution in [-0.2, 0) is 0 Å². The molecule has 0 aliphatic heterocycles. The van der Waals surface area contributed by atoms with Gasteiger partial charge in [-0.05, 0) is 12.8 Å². The van der Waals surface area contributed by atoms with E-state index in [1.807, 2.05) is 18.2 Å². The van der Waals surface area contributed by atoms with E-state index in [-0.39, 0.29) is 0 Å². The second-order valence-electron chi connectivity index (χ2n) is 1.85. The van der Waals surface area contributed by atoms with Gasteiger partial charge in [0.15, 0.2) is 0 Å². The molecule has 0 rings (SSSR count). The summed E-state index contributed by atoms with van der Waals surface area (Å²) < 4.78 is 0. The third kappa shape index (κ3) is 3.77. The highest BCUT2D eigenvalue weighted by molar-refractivity contribution is 5.12. The number of hydrogen-bond acceptors (Lipinski definition) is 0. The molecule has 1 radical (unpaired) electrons. The summed E-state index contributed by atoms with van der Waals surface area (Å²) in [6.07, 6.45) is 7.47. The molecule has 0 unspecified atom stereocenters. The van der Waals surface area contributed by atoms with Crippen molar-refractivity contribution in [2.75, 3.05) is 0 Å². The molecular weight excluding hydrogens is 108 g/mol. The summed E-state index contributed by atoms with van der Waals surface area (Å²) in [6.45, 7) is 10.9. The second-order valence-corrected chi connectivity index (χ2v) is 1.85. The molecule has 0 aliphatic rings. The molecular formula is C9H13. The van der Waals surface area contributed by atoms with Gasteiger partial charge in [-0.25, -0.2) is 0 Å². The molecule has 0 saturated heterocycles. The third-order valence-corrected chi connectivity index (χ3v) is 1.10. The maximum absolute atomic E-state index is 3.67. The predicted molar refractivity (Wildman–Crippen MR) is 43.1 cm³/mol. The Morgan fingerprint density at radius 2 is 1.44 bits per heavy atom. The van der Waals surface area contributed by atoms with Gasteiger partial charge in [-0.15, -0.1) is 19.7 Å². The van der Waals surface area contributed by atoms with Crippen molar-refractivity contribution in [1.82, 2.24) is 0 Å². The lowest BCUT2D eigenvalue weighted by atomic mass is 10.0. The van der Waals surface area contributed by atoms with Crippen LogP contribution in [0.2, 0.25) is 0 Å². The van der Waals surface area contributed by atoms with Crippen LogP contribution in [0.15, 0.2) is 38.0 Å². The fourth-order valence-electron chi connectivity index (χ4n) is 0.621. The van der Waals surface area contributed by atoms with Crippen molar-refractivity contribution in [3.8, 4) is 0 Å². The zero-order valence-corrected chi connectivity index (χ0v) is 5.77. The minimum absolute atomic E-state index is 0.926. The van der Waals surface area contributed by atoms with Crippen LogP contribution in [0.5, 0.6) is 0 Å². The molecule has 0 N–H and O–H groups in total. The Hall–Kier alpha value is -0.780. The van der Waals surface area contributed by atoms with E-state index in [9.17, 15) is 0 Å². The van der Waals surface area contributed by atoms with Crippen LogP contribution in [0.3, 0.4) is 0 Å². The van der Waals surface area contributed by atoms with Gasteiger partial charge in [-0.2, -0.15) is 0 Å². The van der Waals surface area contributed by atoms with Gasteiger partial charge in [0.1, 0.15) is 0 Å². The average molecular weight is 121 g/mol. The molecule has 0 aromatic carbocycles. The third-order valence-electron chi connectivity index (χ3n) is 1.10. The van der Waals surface area contributed by atoms with Crippen molar-refractivity contribution in [3.63, 3.8) is 0 Å². The van der Waals surface area contributed by atoms with Gasteiger partial charge in [0.2, 0.25) is 0 Å². The zero-order chi connectivity index (χ0) is 7.11. The molecule has 0 aromatic heterocycles. The van der Waals surface area contributed by atoms with E-state index < -0.39 is 0 Å². The highest BCUT2D eigenvalue weighted by Crippen LogP contribution is 2.12. The lowest BCUT2D eigenvalue weighted by molar-refractivity contribution is 0.984. The van der Waals surface area contributed by atoms with Gasteiger partial charge in [0.05, 0.1) is 0 Å². The first-order chi connectivity index (χ1) is 4.35. The van der Waals surface area contributed by atoms with E-state index in [1.54, 1.807) is 0 Å². The minimum atomic E-state index is 0.926. The highest BCUT2D eigenvalue weighted by Gasteiger charge is 1.96. The van der Waals surface area contributed by atoms with Crippen molar-refractivity contribution in [2.45, 2.75) is 12.8 Å². The van der Waals surface area contributed by atoms with E-state index in [0.29, 0.717) is 0 Å². The second kappa shape index (κ2) is 5.36. The highest BCUT2D eigenvalue weighted by atomic mass is 14.0. The fourth-order valence-corrected chi connectivity index (χ4v) is 0.621. The van der Waals surface area contributed by atoms with Crippen molar-refractivity contribution < 1.29 is 0 Å². The lowest BCUT2D eigenvalue weighted by Crippen LogP contribution is -1.86. The number of rotatable bonds is 5. The topological polar surface area (TPSA) is 0 Å². The Morgan fingerprint density at radius 1 is 1.00 bits per heavy atom. The summed E-state index contributed by atoms with van der Waals surface area (Å²) in [4.78, 5) is 0. The van der Waals surface area contributed by atoms with E-state index >= 15 is 0 Å². The normalized spacial score (nSPS) is 9.00. The van der Waals surface area contributed by atoms with Crippen LogP contribution < -0.4 is 0 Å². The van der Waals surface area contributed by atoms with E-state index in [0.717, 1.165) is 12.8 Å². The van der Waals surface area contributed by atoms with Gasteiger partial charge in [0, 0.05) is 5.92 Å². The smallest absolute Gasteiger partial charge is 0.00445 e. The first kappa shape index (κ1) is 8.22. The predicted octanol–water partition coefficient (Wildman–Crippen LogP) is 2.90. The summed E-state index contributed by atoms with van der Waals surface area (Å²) in [6, 6.07) is 0. The molecule has 0 bridgehead atoms. The van der Waals surface area contributed by atoms with Gasteiger partial charge in [-0.1, -0.05) is 18.2 Å². The maximum atomic E-state index is 3.67. The number of allylic oxidation sites excluding steroid dienone is 3. The van der Waals surface area contributed by atoms with Gasteiger partial charge < -0.3 is 0 Å². The number of hydrogen-bond donors (Lipinski definition) is 0. The monoisotopic (exact) mass is 121 g/mol. The van der Waals surface area contributed by atoms with Gasteiger partial charge in [0.25, 0.3) is 0 Å². The first-order valence-corrected chi connectivity index (χ1v) is 3.04. The van der Waals surface area contributed by atoms with Crippen LogP contribution in [0, 0.1) is 5.92 Å². The van der Waals surface area contributed by atoms with Crippen LogP contribution in [0.25, 0.3) is 0 Å². The summed E-state index contributed by atoms with van der Waals surface area (Å²) >= 11 is 0. The minimum Gasteiger partial charge on any atom is -0.103 e. The standard InChI is InChI=1S/C9H13/c1-4-7-9(6-3)8-5-2/h4-6H,1-3,7-8H2. The Labute approximate surface area is 57.6 Å². The Kier molecular flexibility index (Phi) is 4.89. The molecule has 0 heterocycles. The molecule has 0 aromatic rings. The van der Waals surface area contributed by atoms with Crippen LogP contribution in [0.1, 0.15) is 12.8 Å². The molecule has 0 heteroatoms. The molecule has 9 heavy (non-hydrogen) atoms. The molecule has 49 valence electrons. The van der Waals surface area contributed by atoms with E-state index in [1.165, 1.54) is 5.92 Å². The van der Waals surface area contributed by atoms with E-state index in [2.05, 4.69) is 19.7 Å². The Balaban J connectivity index is 3.51. The van der Waals surface area contributed by atoms with Gasteiger partial charge in [-0.3, -0.25) is 0 Å². The van der Waals surface area contributed by atoms with Gasteiger partial charge >= 0.3 is 0 Å². The quantitative estimate of drug-likeness (QED) is 0.490. The summed E-state index contributed by atoms with van der Waals surface area (Å²) in [5, 5.41) is 0. The average Bonchev–Trinajstić information content (AvgIpc) is 1.88. The molecule has 0 saturated carbocycles.